The van der Waals surface area contributed by atoms with E-state index in [-0.39, 0.29) is 17.5 Å². The van der Waals surface area contributed by atoms with Crippen LogP contribution in [0.25, 0.3) is 0 Å². The third kappa shape index (κ3) is 1.54. The highest BCUT2D eigenvalue weighted by atomic mass is 16.5. The molecule has 0 saturated carbocycles. The fourth-order valence-electron chi connectivity index (χ4n) is 3.09. The number of hydrogen-bond donors (Lipinski definition) is 0. The van der Waals surface area contributed by atoms with Gasteiger partial charge in [-0.15, -0.1) is 0 Å². The molecule has 0 spiro atoms. The molecule has 1 aromatic heterocycles. The van der Waals surface area contributed by atoms with Gasteiger partial charge in [-0.25, -0.2) is 4.79 Å². The van der Waals surface area contributed by atoms with Crippen molar-refractivity contribution < 1.29 is 13.9 Å². The normalized spacial score (nSPS) is 31.2. The van der Waals surface area contributed by atoms with Gasteiger partial charge in [0.2, 0.25) is 0 Å². The Labute approximate surface area is 106 Å². The van der Waals surface area contributed by atoms with E-state index in [0.29, 0.717) is 0 Å². The molecular weight excluding hydrogens is 228 g/mol. The quantitative estimate of drug-likeness (QED) is 0.709. The molecule has 3 heteroatoms. The number of cyclic esters (lactones) is 1. The summed E-state index contributed by atoms with van der Waals surface area (Å²) in [6, 6.07) is 1.87. The fourth-order valence-corrected chi connectivity index (χ4v) is 3.09. The van der Waals surface area contributed by atoms with Crippen molar-refractivity contribution in [3.8, 4) is 0 Å². The van der Waals surface area contributed by atoms with E-state index >= 15 is 0 Å². The number of esters is 1. The van der Waals surface area contributed by atoms with Gasteiger partial charge < -0.3 is 9.15 Å². The van der Waals surface area contributed by atoms with E-state index in [0.717, 1.165) is 24.0 Å². The number of carbonyl (C=O) groups excluding carboxylic acids is 1. The maximum atomic E-state index is 11.8. The van der Waals surface area contributed by atoms with Crippen LogP contribution in [0.1, 0.15) is 38.4 Å². The summed E-state index contributed by atoms with van der Waals surface area (Å²) in [7, 11) is 0. The van der Waals surface area contributed by atoms with Crippen LogP contribution in [0.5, 0.6) is 0 Å². The lowest BCUT2D eigenvalue weighted by atomic mass is 9.66. The molecule has 18 heavy (non-hydrogen) atoms. The zero-order valence-electron chi connectivity index (χ0n) is 10.6. The minimum atomic E-state index is -0.261. The molecule has 1 aliphatic heterocycles. The highest BCUT2D eigenvalue weighted by Crippen LogP contribution is 2.53. The number of fused-ring (bicyclic) bond motifs is 1. The van der Waals surface area contributed by atoms with Gasteiger partial charge in [-0.05, 0) is 31.4 Å². The van der Waals surface area contributed by atoms with Crippen LogP contribution in [0.2, 0.25) is 0 Å². The summed E-state index contributed by atoms with van der Waals surface area (Å²) in [6.07, 6.45) is 8.88. The molecule has 0 N–H and O–H groups in total. The average Bonchev–Trinajstić information content (AvgIpc) is 2.84. The van der Waals surface area contributed by atoms with E-state index in [2.05, 4.69) is 19.9 Å². The zero-order valence-corrected chi connectivity index (χ0v) is 10.6. The van der Waals surface area contributed by atoms with Crippen LogP contribution in [0.4, 0.5) is 0 Å². The van der Waals surface area contributed by atoms with Crippen molar-refractivity contribution in [2.24, 2.45) is 5.41 Å². The first-order valence-corrected chi connectivity index (χ1v) is 6.23. The molecule has 1 aromatic rings. The van der Waals surface area contributed by atoms with E-state index in [1.807, 2.05) is 6.07 Å². The van der Waals surface area contributed by atoms with Gasteiger partial charge in [-0.1, -0.05) is 18.6 Å². The van der Waals surface area contributed by atoms with Crippen molar-refractivity contribution >= 4 is 5.97 Å². The first-order chi connectivity index (χ1) is 8.61. The topological polar surface area (TPSA) is 39.4 Å². The summed E-state index contributed by atoms with van der Waals surface area (Å²) in [5.41, 5.74) is 3.09. The largest absolute Gasteiger partial charge is 0.472 e. The van der Waals surface area contributed by atoms with Crippen LogP contribution in [0.3, 0.4) is 0 Å². The first-order valence-electron chi connectivity index (χ1n) is 6.23. The summed E-state index contributed by atoms with van der Waals surface area (Å²) < 4.78 is 10.7. The maximum Gasteiger partial charge on any atom is 0.331 e. The first kappa shape index (κ1) is 11.3. The second-order valence-corrected chi connectivity index (χ2v) is 5.27. The second-order valence-electron chi connectivity index (χ2n) is 5.27. The van der Waals surface area contributed by atoms with Gasteiger partial charge in [0.15, 0.2) is 0 Å². The monoisotopic (exact) mass is 244 g/mol. The Morgan fingerprint density at radius 2 is 2.28 bits per heavy atom. The standard InChI is InChI=1S/C15H16O3/c1-10-4-3-6-15(2)12(10)8-13(16)18-14(15)11-5-7-17-9-11/h4-5,7-9,14H,3,6H2,1-2H3/t14-,15+/m1/s1. The molecule has 0 saturated heterocycles. The number of carbonyl (C=O) groups is 1. The molecule has 2 aliphatic rings. The molecule has 2 heterocycles. The highest BCUT2D eigenvalue weighted by Gasteiger charge is 2.46. The van der Waals surface area contributed by atoms with Gasteiger partial charge in [0.1, 0.15) is 6.10 Å². The van der Waals surface area contributed by atoms with Gasteiger partial charge in [0, 0.05) is 17.1 Å². The number of ether oxygens (including phenoxy) is 1. The third-order valence-electron chi connectivity index (χ3n) is 4.08. The Kier molecular flexibility index (Phi) is 2.44. The average molecular weight is 244 g/mol. The molecule has 2 atom stereocenters. The number of furan rings is 1. The van der Waals surface area contributed by atoms with E-state index in [9.17, 15) is 4.79 Å². The molecule has 0 bridgehead atoms. The van der Waals surface area contributed by atoms with Gasteiger partial charge in [-0.2, -0.15) is 0 Å². The van der Waals surface area contributed by atoms with Crippen molar-refractivity contribution in [1.29, 1.82) is 0 Å². The van der Waals surface area contributed by atoms with Crippen molar-refractivity contribution in [3.05, 3.63) is 47.5 Å². The molecule has 3 rings (SSSR count). The van der Waals surface area contributed by atoms with Crippen LogP contribution in [-0.2, 0) is 9.53 Å². The van der Waals surface area contributed by atoms with Crippen LogP contribution < -0.4 is 0 Å². The fraction of sp³-hybridized carbons (Fsp3) is 0.400. The summed E-state index contributed by atoms with van der Waals surface area (Å²) in [5.74, 6) is -0.261. The lowest BCUT2D eigenvalue weighted by molar-refractivity contribution is -0.152. The minimum absolute atomic E-state index is 0.142. The SMILES string of the molecule is CC1=CCC[C@@]2(C)C1=CC(=O)O[C@@H]2c1ccoc1. The zero-order chi connectivity index (χ0) is 12.8. The van der Waals surface area contributed by atoms with Crippen LogP contribution in [0.15, 0.2) is 46.3 Å². The Balaban J connectivity index is 2.11. The van der Waals surface area contributed by atoms with Crippen LogP contribution in [0, 0.1) is 5.41 Å². The van der Waals surface area contributed by atoms with E-state index in [1.54, 1.807) is 18.6 Å². The Bertz CT molecular complexity index is 536. The van der Waals surface area contributed by atoms with E-state index < -0.39 is 0 Å². The predicted molar refractivity (Wildman–Crippen MR) is 66.7 cm³/mol. The lowest BCUT2D eigenvalue weighted by Gasteiger charge is -2.43. The maximum absolute atomic E-state index is 11.8. The van der Waals surface area contributed by atoms with Gasteiger partial charge in [0.05, 0.1) is 12.5 Å². The molecular formula is C15H16O3. The molecule has 0 amide bonds. The summed E-state index contributed by atoms with van der Waals surface area (Å²) >= 11 is 0. The van der Waals surface area contributed by atoms with Gasteiger partial charge in [0.25, 0.3) is 0 Å². The van der Waals surface area contributed by atoms with Crippen molar-refractivity contribution in [2.75, 3.05) is 0 Å². The second kappa shape index (κ2) is 3.87. The van der Waals surface area contributed by atoms with Crippen molar-refractivity contribution in [3.63, 3.8) is 0 Å². The van der Waals surface area contributed by atoms with Crippen LogP contribution >= 0.6 is 0 Å². The molecule has 1 aliphatic carbocycles. The Morgan fingerprint density at radius 1 is 1.44 bits per heavy atom. The minimum Gasteiger partial charge on any atom is -0.472 e. The Hall–Kier alpha value is -1.77. The number of rotatable bonds is 1. The number of allylic oxidation sites excluding steroid dienone is 2. The molecule has 0 unspecified atom stereocenters. The van der Waals surface area contributed by atoms with Gasteiger partial charge in [-0.3, -0.25) is 0 Å². The third-order valence-corrected chi connectivity index (χ3v) is 4.08. The van der Waals surface area contributed by atoms with E-state index in [4.69, 9.17) is 9.15 Å². The Morgan fingerprint density at radius 3 is 3.00 bits per heavy atom. The van der Waals surface area contributed by atoms with E-state index in [1.165, 1.54) is 5.57 Å². The molecule has 3 nitrogen and oxygen atoms in total. The smallest absolute Gasteiger partial charge is 0.331 e. The molecule has 0 aromatic carbocycles. The van der Waals surface area contributed by atoms with Gasteiger partial charge >= 0.3 is 5.97 Å². The predicted octanol–water partition coefficient (Wildman–Crippen LogP) is 3.55. The number of hydrogen-bond acceptors (Lipinski definition) is 3. The highest BCUT2D eigenvalue weighted by molar-refractivity contribution is 5.86. The molecule has 0 radical (unpaired) electrons. The molecule has 94 valence electrons. The van der Waals surface area contributed by atoms with Crippen molar-refractivity contribution in [1.82, 2.24) is 0 Å². The summed E-state index contributed by atoms with van der Waals surface area (Å²) in [6.45, 7) is 4.23. The summed E-state index contributed by atoms with van der Waals surface area (Å²) in [5, 5.41) is 0. The molecule has 0 fully saturated rings. The summed E-state index contributed by atoms with van der Waals surface area (Å²) in [4.78, 5) is 11.8. The lowest BCUT2D eigenvalue weighted by Crippen LogP contribution is -2.37. The van der Waals surface area contributed by atoms with Crippen molar-refractivity contribution in [2.45, 2.75) is 32.8 Å². The van der Waals surface area contributed by atoms with Crippen LogP contribution in [-0.4, -0.2) is 5.97 Å².